The van der Waals surface area contributed by atoms with Crippen LogP contribution in [0.2, 0.25) is 0 Å². The topological polar surface area (TPSA) is 44.5 Å². The predicted octanol–water partition coefficient (Wildman–Crippen LogP) is 2.97. The number of rotatable bonds is 6. The second kappa shape index (κ2) is 6.77. The van der Waals surface area contributed by atoms with Crippen LogP contribution in [0.3, 0.4) is 0 Å². The van der Waals surface area contributed by atoms with E-state index < -0.39 is 12.8 Å². The van der Waals surface area contributed by atoms with Gasteiger partial charge in [-0.25, -0.2) is 0 Å². The first-order valence-electron chi connectivity index (χ1n) is 5.88. The quantitative estimate of drug-likeness (QED) is 0.813. The van der Waals surface area contributed by atoms with Gasteiger partial charge in [-0.1, -0.05) is 6.07 Å². The summed E-state index contributed by atoms with van der Waals surface area (Å²) in [4.78, 5) is 0. The van der Waals surface area contributed by atoms with E-state index in [9.17, 15) is 13.2 Å². The lowest BCUT2D eigenvalue weighted by Gasteiger charge is -2.16. The van der Waals surface area contributed by atoms with Gasteiger partial charge in [-0.2, -0.15) is 13.2 Å². The van der Waals surface area contributed by atoms with E-state index in [1.165, 1.54) is 0 Å². The average Bonchev–Trinajstić information content (AvgIpc) is 2.33. The molecule has 0 saturated carbocycles. The van der Waals surface area contributed by atoms with Crippen LogP contribution in [-0.4, -0.2) is 26.5 Å². The molecule has 0 spiro atoms. The summed E-state index contributed by atoms with van der Waals surface area (Å²) in [5.74, 6) is 0.724. The summed E-state index contributed by atoms with van der Waals surface area (Å²) in [6.07, 6.45) is -3.95. The van der Waals surface area contributed by atoms with Crippen LogP contribution in [-0.2, 0) is 4.74 Å². The van der Waals surface area contributed by atoms with Gasteiger partial charge in [0, 0.05) is 12.6 Å². The molecule has 0 aromatic heterocycles. The van der Waals surface area contributed by atoms with E-state index >= 15 is 0 Å². The van der Waals surface area contributed by atoms with Crippen molar-refractivity contribution in [3.8, 4) is 5.75 Å². The summed E-state index contributed by atoms with van der Waals surface area (Å²) < 4.78 is 45.3. The third-order valence-corrected chi connectivity index (χ3v) is 2.72. The lowest BCUT2D eigenvalue weighted by molar-refractivity contribution is -0.174. The van der Waals surface area contributed by atoms with Crippen LogP contribution in [0.25, 0.3) is 0 Å². The lowest BCUT2D eigenvalue weighted by atomic mass is 9.99. The first-order valence-corrected chi connectivity index (χ1v) is 5.88. The first kappa shape index (κ1) is 15.8. The smallest absolute Gasteiger partial charge is 0.411 e. The maximum absolute atomic E-state index is 11.9. The molecule has 1 aromatic rings. The van der Waals surface area contributed by atoms with Crippen LogP contribution in [0.5, 0.6) is 5.75 Å². The lowest BCUT2D eigenvalue weighted by Crippen LogP contribution is -2.20. The molecule has 0 amide bonds. The number of methoxy groups -OCH3 is 1. The summed E-state index contributed by atoms with van der Waals surface area (Å²) >= 11 is 0. The molecule has 0 bridgehead atoms. The molecule has 0 fully saturated rings. The average molecular weight is 277 g/mol. The fraction of sp³-hybridized carbons (Fsp3) is 0.538. The standard InChI is InChI=1S/C13H18F3NO2/c1-9-7-10(18-2)3-4-11(9)12(17)5-6-19-8-13(14,15)16/h3-4,7,12H,5-6,8,17H2,1-2H3. The number of aryl methyl sites for hydroxylation is 1. The monoisotopic (exact) mass is 277 g/mol. The van der Waals surface area contributed by atoms with Gasteiger partial charge in [-0.3, -0.25) is 0 Å². The van der Waals surface area contributed by atoms with Crippen LogP contribution < -0.4 is 10.5 Å². The summed E-state index contributed by atoms with van der Waals surface area (Å²) in [6, 6.07) is 5.09. The number of hydrogen-bond acceptors (Lipinski definition) is 3. The van der Waals surface area contributed by atoms with Crippen molar-refractivity contribution >= 4 is 0 Å². The van der Waals surface area contributed by atoms with Crippen LogP contribution in [0.1, 0.15) is 23.6 Å². The van der Waals surface area contributed by atoms with E-state index in [0.717, 1.165) is 16.9 Å². The van der Waals surface area contributed by atoms with Gasteiger partial charge in [-0.15, -0.1) is 0 Å². The van der Waals surface area contributed by atoms with Crippen molar-refractivity contribution in [1.29, 1.82) is 0 Å². The highest BCUT2D eigenvalue weighted by Gasteiger charge is 2.27. The fourth-order valence-corrected chi connectivity index (χ4v) is 1.74. The molecule has 1 aromatic carbocycles. The molecule has 0 aliphatic rings. The largest absolute Gasteiger partial charge is 0.497 e. The van der Waals surface area contributed by atoms with E-state index in [4.69, 9.17) is 10.5 Å². The Morgan fingerprint density at radius 1 is 1.32 bits per heavy atom. The Morgan fingerprint density at radius 3 is 2.53 bits per heavy atom. The van der Waals surface area contributed by atoms with E-state index in [1.54, 1.807) is 13.2 Å². The fourth-order valence-electron chi connectivity index (χ4n) is 1.74. The SMILES string of the molecule is COc1ccc(C(N)CCOCC(F)(F)F)c(C)c1. The van der Waals surface area contributed by atoms with Crippen molar-refractivity contribution in [2.75, 3.05) is 20.3 Å². The van der Waals surface area contributed by atoms with Gasteiger partial charge in [0.2, 0.25) is 0 Å². The predicted molar refractivity (Wildman–Crippen MR) is 66.2 cm³/mol. The Kier molecular flexibility index (Phi) is 5.62. The number of halogens is 3. The van der Waals surface area contributed by atoms with Crippen molar-refractivity contribution in [2.45, 2.75) is 25.6 Å². The molecule has 19 heavy (non-hydrogen) atoms. The Balaban J connectivity index is 2.47. The molecule has 0 saturated heterocycles. The zero-order valence-corrected chi connectivity index (χ0v) is 11.0. The molecule has 2 N–H and O–H groups in total. The van der Waals surface area contributed by atoms with E-state index in [2.05, 4.69) is 4.74 Å². The maximum Gasteiger partial charge on any atom is 0.411 e. The van der Waals surface area contributed by atoms with Crippen molar-refractivity contribution in [2.24, 2.45) is 5.73 Å². The van der Waals surface area contributed by atoms with Crippen molar-refractivity contribution < 1.29 is 22.6 Å². The second-order valence-corrected chi connectivity index (χ2v) is 4.29. The van der Waals surface area contributed by atoms with Crippen molar-refractivity contribution in [1.82, 2.24) is 0 Å². The number of benzene rings is 1. The Morgan fingerprint density at radius 2 is 2.00 bits per heavy atom. The number of nitrogens with two attached hydrogens (primary N) is 1. The minimum absolute atomic E-state index is 0.0217. The molecule has 0 heterocycles. The van der Waals surface area contributed by atoms with Gasteiger partial charge in [0.25, 0.3) is 0 Å². The van der Waals surface area contributed by atoms with Crippen LogP contribution in [0, 0.1) is 6.92 Å². The van der Waals surface area contributed by atoms with Gasteiger partial charge < -0.3 is 15.2 Å². The van der Waals surface area contributed by atoms with E-state index in [-0.39, 0.29) is 12.6 Å². The minimum Gasteiger partial charge on any atom is -0.497 e. The number of alkyl halides is 3. The highest BCUT2D eigenvalue weighted by atomic mass is 19.4. The molecule has 1 atom stereocenters. The van der Waals surface area contributed by atoms with Crippen LogP contribution >= 0.6 is 0 Å². The highest BCUT2D eigenvalue weighted by Crippen LogP contribution is 2.23. The molecule has 0 radical (unpaired) electrons. The zero-order chi connectivity index (χ0) is 14.5. The van der Waals surface area contributed by atoms with Gasteiger partial charge in [0.1, 0.15) is 12.4 Å². The third kappa shape index (κ3) is 5.48. The Hall–Kier alpha value is -1.27. The maximum atomic E-state index is 11.9. The molecule has 0 aliphatic heterocycles. The van der Waals surface area contributed by atoms with E-state index in [0.29, 0.717) is 6.42 Å². The van der Waals surface area contributed by atoms with Gasteiger partial charge >= 0.3 is 6.18 Å². The normalized spacial score (nSPS) is 13.4. The number of ether oxygens (including phenoxy) is 2. The van der Waals surface area contributed by atoms with Gasteiger partial charge in [0.05, 0.1) is 7.11 Å². The summed E-state index contributed by atoms with van der Waals surface area (Å²) in [6.45, 7) is 0.627. The summed E-state index contributed by atoms with van der Waals surface area (Å²) in [5.41, 5.74) is 7.77. The van der Waals surface area contributed by atoms with E-state index in [1.807, 2.05) is 19.1 Å². The zero-order valence-electron chi connectivity index (χ0n) is 11.0. The second-order valence-electron chi connectivity index (χ2n) is 4.29. The molecular weight excluding hydrogens is 259 g/mol. The molecule has 1 unspecified atom stereocenters. The van der Waals surface area contributed by atoms with Crippen LogP contribution in [0.4, 0.5) is 13.2 Å². The molecule has 0 aliphatic carbocycles. The van der Waals surface area contributed by atoms with Gasteiger partial charge in [0.15, 0.2) is 0 Å². The molecule has 108 valence electrons. The summed E-state index contributed by atoms with van der Waals surface area (Å²) in [7, 11) is 1.57. The Bertz CT molecular complexity index is 407. The molecule has 6 heteroatoms. The third-order valence-electron chi connectivity index (χ3n) is 2.72. The molecule has 1 rings (SSSR count). The van der Waals surface area contributed by atoms with Crippen molar-refractivity contribution in [3.63, 3.8) is 0 Å². The molecule has 3 nitrogen and oxygen atoms in total. The van der Waals surface area contributed by atoms with Crippen LogP contribution in [0.15, 0.2) is 18.2 Å². The number of hydrogen-bond donors (Lipinski definition) is 1. The van der Waals surface area contributed by atoms with Gasteiger partial charge in [-0.05, 0) is 36.6 Å². The minimum atomic E-state index is -4.29. The Labute approximate surface area is 110 Å². The highest BCUT2D eigenvalue weighted by molar-refractivity contribution is 5.36. The van der Waals surface area contributed by atoms with Crippen molar-refractivity contribution in [3.05, 3.63) is 29.3 Å². The first-order chi connectivity index (χ1) is 8.83. The molecular formula is C13H18F3NO2. The summed E-state index contributed by atoms with van der Waals surface area (Å²) in [5, 5.41) is 0.